The molecule has 0 aliphatic rings. The van der Waals surface area contributed by atoms with Crippen molar-refractivity contribution in [2.45, 2.75) is 13.0 Å². The first-order valence-corrected chi connectivity index (χ1v) is 5.87. The number of halogens is 1. The third kappa shape index (κ3) is 3.54. The largest absolute Gasteiger partial charge is 0.484 e. The van der Waals surface area contributed by atoms with Crippen LogP contribution in [0.1, 0.15) is 11.8 Å². The fourth-order valence-corrected chi connectivity index (χ4v) is 1.62. The molecule has 90 valence electrons. The highest BCUT2D eigenvalue weighted by atomic mass is 79.9. The second kappa shape index (κ2) is 5.79. The first kappa shape index (κ1) is 12.1. The number of nitrogens with zero attached hydrogens (tertiary/aromatic N) is 2. The number of hydrogen-bond donors (Lipinski definition) is 1. The maximum atomic E-state index is 8.70. The molecule has 0 aliphatic heterocycles. The zero-order valence-electron chi connectivity index (χ0n) is 8.97. The van der Waals surface area contributed by atoms with E-state index in [1.54, 1.807) is 0 Å². The molecule has 0 aliphatic carbocycles. The summed E-state index contributed by atoms with van der Waals surface area (Å²) in [4.78, 5) is 0. The maximum Gasteiger partial charge on any atom is 0.253 e. The Morgan fingerprint density at radius 2 is 2.12 bits per heavy atom. The van der Waals surface area contributed by atoms with Gasteiger partial charge in [0.2, 0.25) is 5.89 Å². The Labute approximate surface area is 107 Å². The van der Waals surface area contributed by atoms with E-state index in [4.69, 9.17) is 14.3 Å². The summed E-state index contributed by atoms with van der Waals surface area (Å²) in [6.07, 6.45) is 0.365. The van der Waals surface area contributed by atoms with E-state index in [1.165, 1.54) is 0 Å². The third-order valence-electron chi connectivity index (χ3n) is 1.99. The zero-order valence-corrected chi connectivity index (χ0v) is 10.6. The fraction of sp³-hybridized carbons (Fsp3) is 0.273. The highest BCUT2D eigenvalue weighted by Gasteiger charge is 2.06. The summed E-state index contributed by atoms with van der Waals surface area (Å²) in [6, 6.07) is 7.49. The molecular weight excluding hydrogens is 288 g/mol. The van der Waals surface area contributed by atoms with Crippen molar-refractivity contribution in [1.29, 1.82) is 0 Å². The Balaban J connectivity index is 1.93. The predicted octanol–water partition coefficient (Wildman–Crippen LogP) is 1.95. The van der Waals surface area contributed by atoms with E-state index in [2.05, 4.69) is 26.1 Å². The lowest BCUT2D eigenvalue weighted by atomic mass is 10.3. The molecule has 5 nitrogen and oxygen atoms in total. The highest BCUT2D eigenvalue weighted by molar-refractivity contribution is 9.10. The number of rotatable bonds is 5. The van der Waals surface area contributed by atoms with E-state index in [1.807, 2.05) is 24.3 Å². The van der Waals surface area contributed by atoms with Crippen molar-refractivity contribution in [1.82, 2.24) is 10.2 Å². The van der Waals surface area contributed by atoms with E-state index in [9.17, 15) is 0 Å². The molecule has 0 unspecified atom stereocenters. The van der Waals surface area contributed by atoms with Crippen molar-refractivity contribution in [2.75, 3.05) is 6.61 Å². The Morgan fingerprint density at radius 1 is 1.29 bits per heavy atom. The number of benzene rings is 1. The molecule has 2 aromatic rings. The van der Waals surface area contributed by atoms with Crippen LogP contribution in [0.5, 0.6) is 5.75 Å². The van der Waals surface area contributed by atoms with Crippen molar-refractivity contribution in [3.8, 4) is 5.75 Å². The SMILES string of the molecule is OCCc1nnc(COc2cccc(Br)c2)o1. The number of aliphatic hydroxyl groups excluding tert-OH is 1. The first-order chi connectivity index (χ1) is 8.28. The van der Waals surface area contributed by atoms with E-state index in [0.717, 1.165) is 10.2 Å². The summed E-state index contributed by atoms with van der Waals surface area (Å²) in [5, 5.41) is 16.3. The van der Waals surface area contributed by atoms with Crippen LogP contribution in [0.4, 0.5) is 0 Å². The van der Waals surface area contributed by atoms with Crippen LogP contribution in [0.3, 0.4) is 0 Å². The molecule has 1 heterocycles. The molecule has 0 saturated carbocycles. The molecule has 1 aromatic carbocycles. The van der Waals surface area contributed by atoms with Gasteiger partial charge in [0.05, 0.1) is 6.61 Å². The van der Waals surface area contributed by atoms with Crippen LogP contribution in [-0.2, 0) is 13.0 Å². The Bertz CT molecular complexity index is 487. The average Bonchev–Trinajstić information content (AvgIpc) is 2.75. The first-order valence-electron chi connectivity index (χ1n) is 5.08. The van der Waals surface area contributed by atoms with Crippen LogP contribution >= 0.6 is 15.9 Å². The molecule has 0 spiro atoms. The average molecular weight is 299 g/mol. The number of ether oxygens (including phenoxy) is 1. The standard InChI is InChI=1S/C11H11BrN2O3/c12-8-2-1-3-9(6-8)16-7-11-14-13-10(17-11)4-5-15/h1-3,6,15H,4-5,7H2. The third-order valence-corrected chi connectivity index (χ3v) is 2.49. The summed E-state index contributed by atoms with van der Waals surface area (Å²) < 4.78 is 11.7. The van der Waals surface area contributed by atoms with Crippen molar-refractivity contribution < 1.29 is 14.3 Å². The van der Waals surface area contributed by atoms with Crippen LogP contribution in [0.15, 0.2) is 33.2 Å². The van der Waals surface area contributed by atoms with E-state index in [-0.39, 0.29) is 13.2 Å². The van der Waals surface area contributed by atoms with Gasteiger partial charge in [0, 0.05) is 10.9 Å². The molecule has 2 rings (SSSR count). The maximum absolute atomic E-state index is 8.70. The summed E-state index contributed by atoms with van der Waals surface area (Å²) in [6.45, 7) is 0.211. The van der Waals surface area contributed by atoms with Gasteiger partial charge in [-0.2, -0.15) is 0 Å². The summed E-state index contributed by atoms with van der Waals surface area (Å²) in [5.41, 5.74) is 0. The minimum Gasteiger partial charge on any atom is -0.484 e. The zero-order chi connectivity index (χ0) is 12.1. The molecular formula is C11H11BrN2O3. The van der Waals surface area contributed by atoms with Gasteiger partial charge in [-0.05, 0) is 18.2 Å². The molecule has 1 N–H and O–H groups in total. The summed E-state index contributed by atoms with van der Waals surface area (Å²) in [7, 11) is 0. The minimum atomic E-state index is -0.00583. The molecule has 0 atom stereocenters. The lowest BCUT2D eigenvalue weighted by Crippen LogP contribution is -1.95. The topological polar surface area (TPSA) is 68.4 Å². The summed E-state index contributed by atoms with van der Waals surface area (Å²) >= 11 is 3.35. The Kier molecular flexibility index (Phi) is 4.11. The Hall–Kier alpha value is -1.40. The van der Waals surface area contributed by atoms with Gasteiger partial charge in [0.25, 0.3) is 5.89 Å². The van der Waals surface area contributed by atoms with Gasteiger partial charge in [0.1, 0.15) is 5.75 Å². The van der Waals surface area contributed by atoms with Crippen LogP contribution in [0, 0.1) is 0 Å². The van der Waals surface area contributed by atoms with Gasteiger partial charge in [0.15, 0.2) is 6.61 Å². The van der Waals surface area contributed by atoms with Gasteiger partial charge in [-0.25, -0.2) is 0 Å². The number of aromatic nitrogens is 2. The highest BCUT2D eigenvalue weighted by Crippen LogP contribution is 2.18. The molecule has 0 fully saturated rings. The van der Waals surface area contributed by atoms with Gasteiger partial charge in [-0.15, -0.1) is 10.2 Å². The lowest BCUT2D eigenvalue weighted by molar-refractivity contribution is 0.249. The van der Waals surface area contributed by atoms with Gasteiger partial charge < -0.3 is 14.3 Å². The second-order valence-corrected chi connectivity index (χ2v) is 4.22. The van der Waals surface area contributed by atoms with E-state index in [0.29, 0.717) is 18.2 Å². The number of hydrogen-bond acceptors (Lipinski definition) is 5. The van der Waals surface area contributed by atoms with Gasteiger partial charge in [-0.3, -0.25) is 0 Å². The quantitative estimate of drug-likeness (QED) is 0.914. The lowest BCUT2D eigenvalue weighted by Gasteiger charge is -2.02. The normalized spacial score (nSPS) is 10.5. The van der Waals surface area contributed by atoms with Gasteiger partial charge in [-0.1, -0.05) is 22.0 Å². The van der Waals surface area contributed by atoms with Crippen molar-refractivity contribution >= 4 is 15.9 Å². The summed E-state index contributed by atoms with van der Waals surface area (Å²) in [5.74, 6) is 1.54. The molecule has 0 radical (unpaired) electrons. The van der Waals surface area contributed by atoms with Crippen LogP contribution < -0.4 is 4.74 Å². The van der Waals surface area contributed by atoms with E-state index >= 15 is 0 Å². The Morgan fingerprint density at radius 3 is 2.88 bits per heavy atom. The van der Waals surface area contributed by atoms with Crippen LogP contribution in [-0.4, -0.2) is 21.9 Å². The number of aliphatic hydroxyl groups is 1. The van der Waals surface area contributed by atoms with Gasteiger partial charge >= 0.3 is 0 Å². The molecule has 6 heteroatoms. The molecule has 1 aromatic heterocycles. The monoisotopic (exact) mass is 298 g/mol. The molecule has 0 saturated heterocycles. The van der Waals surface area contributed by atoms with Crippen molar-refractivity contribution in [3.63, 3.8) is 0 Å². The molecule has 0 bridgehead atoms. The van der Waals surface area contributed by atoms with Crippen molar-refractivity contribution in [3.05, 3.63) is 40.5 Å². The second-order valence-electron chi connectivity index (χ2n) is 3.31. The van der Waals surface area contributed by atoms with Crippen LogP contribution in [0.25, 0.3) is 0 Å². The van der Waals surface area contributed by atoms with Crippen molar-refractivity contribution in [2.24, 2.45) is 0 Å². The van der Waals surface area contributed by atoms with Crippen LogP contribution in [0.2, 0.25) is 0 Å². The molecule has 17 heavy (non-hydrogen) atoms. The van der Waals surface area contributed by atoms with E-state index < -0.39 is 0 Å². The smallest absolute Gasteiger partial charge is 0.253 e. The minimum absolute atomic E-state index is 0.00583. The molecule has 0 amide bonds. The fourth-order valence-electron chi connectivity index (χ4n) is 1.25. The predicted molar refractivity (Wildman–Crippen MR) is 63.6 cm³/mol.